The molecular weight excluding hydrogens is 222 g/mol. The lowest BCUT2D eigenvalue weighted by Crippen LogP contribution is -2.51. The van der Waals surface area contributed by atoms with E-state index in [1.165, 1.54) is 64.7 Å². The lowest BCUT2D eigenvalue weighted by atomic mass is 9.71. The fourth-order valence-electron chi connectivity index (χ4n) is 4.09. The molecule has 3 rings (SSSR count). The Morgan fingerprint density at radius 2 is 1.61 bits per heavy atom. The van der Waals surface area contributed by atoms with Crippen molar-refractivity contribution in [2.45, 2.75) is 44.6 Å². The van der Waals surface area contributed by atoms with E-state index in [0.717, 1.165) is 19.1 Å². The summed E-state index contributed by atoms with van der Waals surface area (Å²) in [5.41, 5.74) is 0.597. The van der Waals surface area contributed by atoms with Gasteiger partial charge in [-0.25, -0.2) is 0 Å². The fourth-order valence-corrected chi connectivity index (χ4v) is 4.09. The molecule has 1 spiro atoms. The smallest absolute Gasteiger partial charge is 0.122 e. The molecule has 3 saturated heterocycles. The van der Waals surface area contributed by atoms with Crippen LogP contribution in [0.15, 0.2) is 0 Å². The molecule has 3 aliphatic rings. The molecule has 0 aromatic carbocycles. The molecule has 18 heavy (non-hydrogen) atoms. The summed E-state index contributed by atoms with van der Waals surface area (Å²) in [7, 11) is 2.25. The molecule has 3 fully saturated rings. The lowest BCUT2D eigenvalue weighted by Gasteiger charge is -2.47. The molecule has 3 aliphatic heterocycles. The summed E-state index contributed by atoms with van der Waals surface area (Å²) in [5.74, 6) is 0. The van der Waals surface area contributed by atoms with Gasteiger partial charge in [-0.05, 0) is 90.3 Å². The average Bonchev–Trinajstić information content (AvgIpc) is 2.44. The molecular formula is C15H29N3. The second kappa shape index (κ2) is 5.48. The standard InChI is InChI=1S/C15H29N3/c1-17-10-2-14(3-11-17)18-12-6-15(7-13-18)4-8-16-9-5-15/h14,16H,2-13H2,1H3/i/hD. The van der Waals surface area contributed by atoms with Crippen molar-refractivity contribution in [1.82, 2.24) is 15.1 Å². The van der Waals surface area contributed by atoms with Crippen molar-refractivity contribution < 1.29 is 1.41 Å². The van der Waals surface area contributed by atoms with E-state index in [2.05, 4.69) is 16.8 Å². The van der Waals surface area contributed by atoms with Crippen LogP contribution in [-0.4, -0.2) is 62.2 Å². The molecule has 0 aliphatic carbocycles. The maximum absolute atomic E-state index is 7.71. The summed E-state index contributed by atoms with van der Waals surface area (Å²) in [5, 5.41) is 1.76. The maximum Gasteiger partial charge on any atom is 0.122 e. The normalized spacial score (nSPS) is 33.7. The molecule has 0 atom stereocenters. The van der Waals surface area contributed by atoms with Crippen molar-refractivity contribution in [3.05, 3.63) is 0 Å². The minimum absolute atomic E-state index is 0.597. The van der Waals surface area contributed by atoms with E-state index in [-0.39, 0.29) is 0 Å². The van der Waals surface area contributed by atoms with Crippen LogP contribution in [-0.2, 0) is 0 Å². The van der Waals surface area contributed by atoms with Crippen molar-refractivity contribution in [2.24, 2.45) is 5.41 Å². The molecule has 0 radical (unpaired) electrons. The monoisotopic (exact) mass is 252 g/mol. The molecule has 104 valence electrons. The predicted octanol–water partition coefficient (Wildman–Crippen LogP) is 1.55. The molecule has 3 nitrogen and oxygen atoms in total. The Hall–Kier alpha value is -0.120. The summed E-state index contributed by atoms with van der Waals surface area (Å²) in [4.78, 5) is 5.23. The Labute approximate surface area is 113 Å². The first kappa shape index (κ1) is 11.7. The van der Waals surface area contributed by atoms with E-state index < -0.39 is 0 Å². The first-order valence-corrected chi connectivity index (χ1v) is 7.83. The summed E-state index contributed by atoms with van der Waals surface area (Å²) >= 11 is 0. The quantitative estimate of drug-likeness (QED) is 0.764. The molecule has 3 heteroatoms. The van der Waals surface area contributed by atoms with Crippen molar-refractivity contribution in [1.29, 1.82) is 0 Å². The molecule has 0 unspecified atom stereocenters. The van der Waals surface area contributed by atoms with Crippen LogP contribution in [0, 0.1) is 5.41 Å². The highest BCUT2D eigenvalue weighted by Gasteiger charge is 2.37. The van der Waals surface area contributed by atoms with Gasteiger partial charge in [0.2, 0.25) is 0 Å². The topological polar surface area (TPSA) is 18.5 Å². The SMILES string of the molecule is [2H]N1CCC2(CC1)CCN(C1CCN(C)CC1)CC2. The van der Waals surface area contributed by atoms with Gasteiger partial charge < -0.3 is 15.1 Å². The molecule has 0 saturated carbocycles. The number of likely N-dealkylation sites (tertiary alicyclic amines) is 2. The van der Waals surface area contributed by atoms with E-state index in [4.69, 9.17) is 1.41 Å². The van der Waals surface area contributed by atoms with Gasteiger partial charge in [-0.3, -0.25) is 0 Å². The molecule has 0 bridgehead atoms. The maximum atomic E-state index is 7.71. The third-order valence-corrected chi connectivity index (χ3v) is 5.66. The summed E-state index contributed by atoms with van der Waals surface area (Å²) in [6, 6.07) is 0.852. The zero-order valence-electron chi connectivity index (χ0n) is 12.9. The third kappa shape index (κ3) is 2.73. The Kier molecular flexibility index (Phi) is 3.56. The van der Waals surface area contributed by atoms with Crippen LogP contribution in [0.2, 0.25) is 1.41 Å². The molecule has 0 aromatic rings. The van der Waals surface area contributed by atoms with Crippen LogP contribution >= 0.6 is 0 Å². The first-order valence-electron chi connectivity index (χ1n) is 8.28. The third-order valence-electron chi connectivity index (χ3n) is 5.66. The van der Waals surface area contributed by atoms with Gasteiger partial charge in [0.15, 0.2) is 0 Å². The number of hydrogen-bond donors (Lipinski definition) is 1. The Bertz CT molecular complexity index is 284. The second-order valence-corrected chi connectivity index (χ2v) is 6.74. The van der Waals surface area contributed by atoms with Gasteiger partial charge in [0, 0.05) is 6.04 Å². The molecule has 3 heterocycles. The van der Waals surface area contributed by atoms with E-state index in [1.807, 2.05) is 0 Å². The zero-order chi connectivity index (χ0) is 13.3. The number of nitrogens with one attached hydrogen (secondary N) is 1. The Balaban J connectivity index is 1.49. The van der Waals surface area contributed by atoms with Gasteiger partial charge in [0.1, 0.15) is 1.41 Å². The van der Waals surface area contributed by atoms with Crippen LogP contribution in [0.3, 0.4) is 0 Å². The van der Waals surface area contributed by atoms with E-state index in [9.17, 15) is 0 Å². The largest absolute Gasteiger partial charge is 0.317 e. The van der Waals surface area contributed by atoms with Gasteiger partial charge >= 0.3 is 0 Å². The number of nitrogens with zero attached hydrogens (tertiary/aromatic N) is 2. The second-order valence-electron chi connectivity index (χ2n) is 6.74. The van der Waals surface area contributed by atoms with Gasteiger partial charge in [-0.1, -0.05) is 0 Å². The minimum atomic E-state index is 0.597. The highest BCUT2D eigenvalue weighted by Crippen LogP contribution is 2.40. The average molecular weight is 252 g/mol. The predicted molar refractivity (Wildman–Crippen MR) is 75.9 cm³/mol. The Morgan fingerprint density at radius 1 is 1.00 bits per heavy atom. The first-order chi connectivity index (χ1) is 9.17. The molecule has 0 aromatic heterocycles. The summed E-state index contributed by atoms with van der Waals surface area (Å²) in [6.07, 6.45) is 8.02. The van der Waals surface area contributed by atoms with Gasteiger partial charge in [0.25, 0.3) is 0 Å². The number of hydrogen-bond acceptors (Lipinski definition) is 3. The van der Waals surface area contributed by atoms with Crippen molar-refractivity contribution in [3.63, 3.8) is 0 Å². The number of piperidine rings is 3. The molecule has 1 N–H and O–H groups in total. The molecule has 0 amide bonds. The summed E-state index contributed by atoms with van der Waals surface area (Å²) < 4.78 is 7.71. The highest BCUT2D eigenvalue weighted by atomic mass is 15.2. The highest BCUT2D eigenvalue weighted by molar-refractivity contribution is 4.92. The van der Waals surface area contributed by atoms with Crippen LogP contribution in [0.4, 0.5) is 0 Å². The fraction of sp³-hybridized carbons (Fsp3) is 1.00. The van der Waals surface area contributed by atoms with Crippen molar-refractivity contribution >= 4 is 0 Å². The van der Waals surface area contributed by atoms with Crippen LogP contribution in [0.5, 0.6) is 0 Å². The zero-order valence-corrected chi connectivity index (χ0v) is 11.9. The van der Waals surface area contributed by atoms with Crippen molar-refractivity contribution in [3.8, 4) is 0 Å². The minimum Gasteiger partial charge on any atom is -0.317 e. The summed E-state index contributed by atoms with van der Waals surface area (Å²) in [6.45, 7) is 7.17. The number of rotatable bonds is 1. The Morgan fingerprint density at radius 3 is 2.22 bits per heavy atom. The van der Waals surface area contributed by atoms with Gasteiger partial charge in [-0.2, -0.15) is 0 Å². The van der Waals surface area contributed by atoms with Crippen LogP contribution in [0.1, 0.15) is 38.5 Å². The lowest BCUT2D eigenvalue weighted by molar-refractivity contribution is 0.0314. The van der Waals surface area contributed by atoms with Crippen molar-refractivity contribution in [2.75, 3.05) is 46.3 Å². The van der Waals surface area contributed by atoms with E-state index >= 15 is 0 Å². The van der Waals surface area contributed by atoms with Crippen LogP contribution < -0.4 is 5.31 Å². The van der Waals surface area contributed by atoms with E-state index in [0.29, 0.717) is 5.41 Å². The van der Waals surface area contributed by atoms with E-state index in [1.54, 1.807) is 5.31 Å². The van der Waals surface area contributed by atoms with Crippen LogP contribution in [0.25, 0.3) is 0 Å². The van der Waals surface area contributed by atoms with Gasteiger partial charge in [-0.15, -0.1) is 0 Å². The van der Waals surface area contributed by atoms with Gasteiger partial charge in [0.05, 0.1) is 0 Å².